The minimum absolute atomic E-state index is 0.0900. The molecule has 3 rings (SSSR count). The van der Waals surface area contributed by atoms with Crippen molar-refractivity contribution in [3.63, 3.8) is 0 Å². The number of aliphatic hydroxyl groups is 1. The Morgan fingerprint density at radius 1 is 1.12 bits per heavy atom. The number of β-amino-alcohol motifs (C(OH)–C–C–N with tert-alkyl or cyclic N) is 1. The predicted molar refractivity (Wildman–Crippen MR) is 99.5 cm³/mol. The van der Waals surface area contributed by atoms with Crippen LogP contribution in [-0.2, 0) is 10.0 Å². The quantitative estimate of drug-likeness (QED) is 0.915. The maximum Gasteiger partial charge on any atom is 0.243 e. The van der Waals surface area contributed by atoms with Gasteiger partial charge in [0.2, 0.25) is 10.0 Å². The Bertz CT molecular complexity index is 844. The highest BCUT2D eigenvalue weighted by Gasteiger charge is 2.35. The molecular weight excluding hydrogens is 334 g/mol. The molecule has 4 nitrogen and oxygen atoms in total. The van der Waals surface area contributed by atoms with Crippen LogP contribution in [0.4, 0.5) is 0 Å². The molecule has 2 atom stereocenters. The fourth-order valence-electron chi connectivity index (χ4n) is 3.25. The van der Waals surface area contributed by atoms with E-state index in [0.29, 0.717) is 13.0 Å². The summed E-state index contributed by atoms with van der Waals surface area (Å²) in [5.74, 6) is -0.133. The first kappa shape index (κ1) is 17.9. The lowest BCUT2D eigenvalue weighted by Crippen LogP contribution is -2.46. The van der Waals surface area contributed by atoms with Crippen molar-refractivity contribution >= 4 is 15.6 Å². The van der Waals surface area contributed by atoms with Gasteiger partial charge in [-0.2, -0.15) is 4.31 Å². The summed E-state index contributed by atoms with van der Waals surface area (Å²) in [6.07, 6.45) is -0.207. The van der Waals surface area contributed by atoms with E-state index in [1.165, 1.54) is 4.31 Å². The van der Waals surface area contributed by atoms with Crippen molar-refractivity contribution in [3.8, 4) is 0 Å². The number of nitrogens with zero attached hydrogens (tertiary/aromatic N) is 1. The highest BCUT2D eigenvalue weighted by atomic mass is 32.2. The van der Waals surface area contributed by atoms with Crippen LogP contribution in [-0.4, -0.2) is 37.0 Å². The second-order valence-electron chi connectivity index (χ2n) is 6.53. The molecule has 0 amide bonds. The van der Waals surface area contributed by atoms with Crippen LogP contribution in [0.25, 0.3) is 5.57 Å². The number of aryl methyl sites for hydroxylation is 1. The Hall–Kier alpha value is -1.95. The minimum Gasteiger partial charge on any atom is -0.391 e. The van der Waals surface area contributed by atoms with Crippen molar-refractivity contribution < 1.29 is 13.5 Å². The molecule has 2 aromatic carbocycles. The van der Waals surface area contributed by atoms with Crippen molar-refractivity contribution in [1.29, 1.82) is 0 Å². The first-order chi connectivity index (χ1) is 11.9. The van der Waals surface area contributed by atoms with Gasteiger partial charge in [0.15, 0.2) is 0 Å². The molecule has 1 N–H and O–H groups in total. The van der Waals surface area contributed by atoms with Gasteiger partial charge in [-0.1, -0.05) is 54.6 Å². The van der Waals surface area contributed by atoms with Crippen LogP contribution >= 0.6 is 0 Å². The van der Waals surface area contributed by atoms with Crippen LogP contribution in [0.5, 0.6) is 0 Å². The molecule has 1 aliphatic rings. The number of hydrogen-bond donors (Lipinski definition) is 1. The van der Waals surface area contributed by atoms with E-state index in [4.69, 9.17) is 0 Å². The summed E-state index contributed by atoms with van der Waals surface area (Å²) in [6.45, 7) is 6.51. The van der Waals surface area contributed by atoms with E-state index < -0.39 is 16.1 Å². The zero-order chi connectivity index (χ0) is 18.0. The molecule has 2 aromatic rings. The van der Waals surface area contributed by atoms with Crippen molar-refractivity contribution in [3.05, 3.63) is 72.3 Å². The molecule has 1 fully saturated rings. The molecule has 0 saturated carbocycles. The van der Waals surface area contributed by atoms with Gasteiger partial charge in [0.05, 0.1) is 11.0 Å². The van der Waals surface area contributed by atoms with Crippen LogP contribution in [0, 0.1) is 12.8 Å². The first-order valence-corrected chi connectivity index (χ1v) is 9.82. The number of sulfonamides is 1. The normalized spacial score (nSPS) is 21.8. The fourth-order valence-corrected chi connectivity index (χ4v) is 4.73. The van der Waals surface area contributed by atoms with Crippen molar-refractivity contribution in [1.82, 2.24) is 4.31 Å². The zero-order valence-corrected chi connectivity index (χ0v) is 15.1. The molecule has 0 aliphatic carbocycles. The molecule has 25 heavy (non-hydrogen) atoms. The van der Waals surface area contributed by atoms with Crippen LogP contribution in [0.2, 0.25) is 0 Å². The Labute approximate surface area is 149 Å². The molecule has 5 heteroatoms. The lowest BCUT2D eigenvalue weighted by atomic mass is 9.85. The molecule has 0 aromatic heterocycles. The van der Waals surface area contributed by atoms with Gasteiger partial charge in [0.25, 0.3) is 0 Å². The molecule has 132 valence electrons. The summed E-state index contributed by atoms with van der Waals surface area (Å²) in [5, 5.41) is 10.6. The molecule has 1 saturated heterocycles. The number of benzene rings is 2. The van der Waals surface area contributed by atoms with Crippen LogP contribution < -0.4 is 0 Å². The van der Waals surface area contributed by atoms with Gasteiger partial charge in [-0.3, -0.25) is 0 Å². The summed E-state index contributed by atoms with van der Waals surface area (Å²) in [5.41, 5.74) is 2.86. The summed E-state index contributed by atoms with van der Waals surface area (Å²) in [4.78, 5) is 0.269. The Morgan fingerprint density at radius 2 is 1.76 bits per heavy atom. The first-order valence-electron chi connectivity index (χ1n) is 8.38. The third-order valence-corrected chi connectivity index (χ3v) is 6.67. The van der Waals surface area contributed by atoms with Crippen LogP contribution in [0.15, 0.2) is 66.1 Å². The van der Waals surface area contributed by atoms with E-state index in [9.17, 15) is 13.5 Å². The lowest BCUT2D eigenvalue weighted by molar-refractivity contribution is 0.0771. The van der Waals surface area contributed by atoms with Gasteiger partial charge in [0, 0.05) is 19.0 Å². The fraction of sp³-hybridized carbons (Fsp3) is 0.300. The molecule has 1 heterocycles. The predicted octanol–water partition coefficient (Wildman–Crippen LogP) is 3.08. The molecular formula is C20H23NO3S. The monoisotopic (exact) mass is 357 g/mol. The van der Waals surface area contributed by atoms with Crippen molar-refractivity contribution in [2.75, 3.05) is 13.1 Å². The summed E-state index contributed by atoms with van der Waals surface area (Å²) in [6, 6.07) is 16.5. The van der Waals surface area contributed by atoms with E-state index in [-0.39, 0.29) is 17.4 Å². The Kier molecular flexibility index (Phi) is 5.08. The maximum absolute atomic E-state index is 12.8. The van der Waals surface area contributed by atoms with Crippen LogP contribution in [0.3, 0.4) is 0 Å². The SMILES string of the molecule is C=C(c1ccccc1)[C@H]1CCN(S(=O)(=O)c2ccc(C)cc2)C[C@H]1O. The smallest absolute Gasteiger partial charge is 0.243 e. The largest absolute Gasteiger partial charge is 0.391 e. The van der Waals surface area contributed by atoms with Gasteiger partial charge in [-0.05, 0) is 36.6 Å². The third-order valence-electron chi connectivity index (χ3n) is 4.80. The number of hydrogen-bond acceptors (Lipinski definition) is 3. The van der Waals surface area contributed by atoms with Crippen LogP contribution in [0.1, 0.15) is 17.5 Å². The lowest BCUT2D eigenvalue weighted by Gasteiger charge is -2.36. The zero-order valence-electron chi connectivity index (χ0n) is 14.3. The van der Waals surface area contributed by atoms with E-state index in [0.717, 1.165) is 16.7 Å². The van der Waals surface area contributed by atoms with Gasteiger partial charge in [-0.15, -0.1) is 0 Å². The minimum atomic E-state index is -3.58. The Balaban J connectivity index is 1.75. The highest BCUT2D eigenvalue weighted by molar-refractivity contribution is 7.89. The topological polar surface area (TPSA) is 57.6 Å². The molecule has 1 aliphatic heterocycles. The summed E-state index contributed by atoms with van der Waals surface area (Å²) >= 11 is 0. The van der Waals surface area contributed by atoms with E-state index in [1.807, 2.05) is 37.3 Å². The summed E-state index contributed by atoms with van der Waals surface area (Å²) in [7, 11) is -3.58. The highest BCUT2D eigenvalue weighted by Crippen LogP contribution is 2.32. The van der Waals surface area contributed by atoms with Crippen molar-refractivity contribution in [2.45, 2.75) is 24.3 Å². The second-order valence-corrected chi connectivity index (χ2v) is 8.47. The number of piperidine rings is 1. The Morgan fingerprint density at radius 3 is 2.36 bits per heavy atom. The standard InChI is InChI=1S/C20H23NO3S/c1-15-8-10-18(11-9-15)25(23,24)21-13-12-19(20(22)14-21)16(2)17-6-4-3-5-7-17/h3-11,19-20,22H,2,12-14H2,1H3/t19-,20-/m1/s1. The van der Waals surface area contributed by atoms with Gasteiger partial charge >= 0.3 is 0 Å². The van der Waals surface area contributed by atoms with Gasteiger partial charge in [-0.25, -0.2) is 8.42 Å². The maximum atomic E-state index is 12.8. The molecule has 0 spiro atoms. The third kappa shape index (κ3) is 3.68. The van der Waals surface area contributed by atoms with Crippen molar-refractivity contribution in [2.24, 2.45) is 5.92 Å². The number of rotatable bonds is 4. The summed E-state index contributed by atoms with van der Waals surface area (Å²) < 4.78 is 26.9. The van der Waals surface area contributed by atoms with Gasteiger partial charge < -0.3 is 5.11 Å². The van der Waals surface area contributed by atoms with E-state index >= 15 is 0 Å². The average Bonchev–Trinajstić information content (AvgIpc) is 2.62. The average molecular weight is 357 g/mol. The molecule has 0 radical (unpaired) electrons. The van der Waals surface area contributed by atoms with E-state index in [2.05, 4.69) is 6.58 Å². The van der Waals surface area contributed by atoms with E-state index in [1.54, 1.807) is 24.3 Å². The number of aliphatic hydroxyl groups excluding tert-OH is 1. The van der Waals surface area contributed by atoms with Gasteiger partial charge in [0.1, 0.15) is 0 Å². The molecule has 0 unspecified atom stereocenters. The second kappa shape index (κ2) is 7.12. The molecule has 0 bridgehead atoms.